The van der Waals surface area contributed by atoms with Crippen molar-refractivity contribution in [2.75, 3.05) is 0 Å². The second-order valence-electron chi connectivity index (χ2n) is 7.84. The van der Waals surface area contributed by atoms with Crippen molar-refractivity contribution in [3.05, 3.63) is 111 Å². The van der Waals surface area contributed by atoms with Crippen LogP contribution in [0.2, 0.25) is 5.02 Å². The minimum absolute atomic E-state index is 0.180. The zero-order chi connectivity index (χ0) is 25.1. The molecule has 5 rings (SSSR count). The zero-order valence-electron chi connectivity index (χ0n) is 19.1. The molecule has 174 valence electrons. The van der Waals surface area contributed by atoms with Gasteiger partial charge in [0.05, 0.1) is 11.4 Å². The van der Waals surface area contributed by atoms with Gasteiger partial charge in [-0.3, -0.25) is 4.79 Å². The highest BCUT2D eigenvalue weighted by Crippen LogP contribution is 2.33. The first kappa shape index (κ1) is 23.4. The highest BCUT2D eigenvalue weighted by Gasteiger charge is 2.17. The Labute approximate surface area is 216 Å². The van der Waals surface area contributed by atoms with Crippen LogP contribution in [-0.4, -0.2) is 20.5 Å². The molecule has 8 heteroatoms. The number of carbonyl (C=O) groups is 1. The fourth-order valence-electron chi connectivity index (χ4n) is 3.66. The number of rotatable bonds is 5. The summed E-state index contributed by atoms with van der Waals surface area (Å²) in [6.07, 6.45) is 0. The van der Waals surface area contributed by atoms with E-state index in [1.165, 1.54) is 6.92 Å². The molecule has 6 nitrogen and oxygen atoms in total. The molecule has 5 aromatic rings. The Balaban J connectivity index is 1.80. The maximum absolute atomic E-state index is 12.2. The Kier molecular flexibility index (Phi) is 6.54. The van der Waals surface area contributed by atoms with Crippen molar-refractivity contribution in [3.63, 3.8) is 0 Å². The van der Waals surface area contributed by atoms with Crippen LogP contribution in [0.15, 0.2) is 96.0 Å². The van der Waals surface area contributed by atoms with E-state index in [9.17, 15) is 10.1 Å². The van der Waals surface area contributed by atoms with Gasteiger partial charge in [-0.25, -0.2) is 9.67 Å². The molecule has 2 aromatic heterocycles. The van der Waals surface area contributed by atoms with Gasteiger partial charge in [0, 0.05) is 23.1 Å². The number of halogens is 1. The lowest BCUT2D eigenvalue weighted by atomic mass is 9.98. The van der Waals surface area contributed by atoms with E-state index in [0.29, 0.717) is 31.8 Å². The third kappa shape index (κ3) is 4.73. The highest BCUT2D eigenvalue weighted by molar-refractivity contribution is 7.11. The van der Waals surface area contributed by atoms with Crippen LogP contribution in [0.5, 0.6) is 0 Å². The molecule has 0 N–H and O–H groups in total. The van der Waals surface area contributed by atoms with Crippen LogP contribution < -0.4 is 4.80 Å². The van der Waals surface area contributed by atoms with Crippen LogP contribution in [0.3, 0.4) is 0 Å². The van der Waals surface area contributed by atoms with Gasteiger partial charge in [0.2, 0.25) is 4.80 Å². The van der Waals surface area contributed by atoms with Crippen LogP contribution in [0, 0.1) is 11.3 Å². The predicted octanol–water partition coefficient (Wildman–Crippen LogP) is 6.62. The van der Waals surface area contributed by atoms with Crippen molar-refractivity contribution in [1.29, 1.82) is 5.26 Å². The van der Waals surface area contributed by atoms with Gasteiger partial charge in [-0.2, -0.15) is 15.4 Å². The third-order valence-corrected chi connectivity index (χ3v) is 6.66. The summed E-state index contributed by atoms with van der Waals surface area (Å²) in [7, 11) is 0. The van der Waals surface area contributed by atoms with Gasteiger partial charge >= 0.3 is 0 Å². The second kappa shape index (κ2) is 10.1. The minimum Gasteiger partial charge on any atom is -0.292 e. The molecule has 0 aliphatic carbocycles. The van der Waals surface area contributed by atoms with Crippen LogP contribution >= 0.6 is 22.9 Å². The highest BCUT2D eigenvalue weighted by atomic mass is 35.5. The fraction of sp³-hybridized carbons (Fsp3) is 0.0357. The van der Waals surface area contributed by atoms with E-state index in [4.69, 9.17) is 21.6 Å². The van der Waals surface area contributed by atoms with Gasteiger partial charge in [0.1, 0.15) is 11.6 Å². The SMILES string of the molecule is CC(=O)c1nn(-c2ccc(Cl)cc2)c(=Nc2nc(-c3ccccc3)cc(-c3ccccc3)c2C#N)s1. The molecule has 0 bridgehead atoms. The lowest BCUT2D eigenvalue weighted by molar-refractivity contribution is 0.101. The van der Waals surface area contributed by atoms with Crippen LogP contribution in [0.1, 0.15) is 22.3 Å². The van der Waals surface area contributed by atoms with E-state index in [0.717, 1.165) is 28.0 Å². The van der Waals surface area contributed by atoms with Crippen molar-refractivity contribution in [3.8, 4) is 34.1 Å². The number of hydrogen-bond donors (Lipinski definition) is 0. The number of hydrogen-bond acceptors (Lipinski definition) is 6. The lowest BCUT2D eigenvalue weighted by Gasteiger charge is -2.10. The molecule has 0 amide bonds. The summed E-state index contributed by atoms with van der Waals surface area (Å²) in [6, 6.07) is 30.7. The van der Waals surface area contributed by atoms with Gasteiger partial charge in [0.25, 0.3) is 0 Å². The molecule has 36 heavy (non-hydrogen) atoms. The van der Waals surface area contributed by atoms with Crippen molar-refractivity contribution >= 4 is 34.5 Å². The van der Waals surface area contributed by atoms with E-state index in [1.807, 2.05) is 66.7 Å². The third-order valence-electron chi connectivity index (χ3n) is 5.40. The largest absolute Gasteiger partial charge is 0.292 e. The average Bonchev–Trinajstić information content (AvgIpc) is 3.34. The van der Waals surface area contributed by atoms with Crippen LogP contribution in [0.4, 0.5) is 5.82 Å². The summed E-state index contributed by atoms with van der Waals surface area (Å²) in [4.78, 5) is 22.1. The minimum atomic E-state index is -0.180. The standard InChI is InChI=1S/C28H18ClN5OS/c1-18(35)27-33-34(22-14-12-21(29)13-15-22)28(36-27)32-26-24(17-30)23(19-8-4-2-5-9-19)16-25(31-26)20-10-6-3-7-11-20/h2-16H,1H3. The Morgan fingerprint density at radius 3 is 2.22 bits per heavy atom. The van der Waals surface area contributed by atoms with Crippen molar-refractivity contribution in [1.82, 2.24) is 14.8 Å². The molecule has 0 radical (unpaired) electrons. The van der Waals surface area contributed by atoms with Crippen LogP contribution in [0.25, 0.3) is 28.1 Å². The Morgan fingerprint density at radius 2 is 1.61 bits per heavy atom. The van der Waals surface area contributed by atoms with E-state index in [-0.39, 0.29) is 11.6 Å². The summed E-state index contributed by atoms with van der Waals surface area (Å²) in [6.45, 7) is 1.46. The van der Waals surface area contributed by atoms with Gasteiger partial charge < -0.3 is 0 Å². The zero-order valence-corrected chi connectivity index (χ0v) is 20.7. The van der Waals surface area contributed by atoms with Gasteiger partial charge in [-0.05, 0) is 35.9 Å². The molecule has 0 atom stereocenters. The van der Waals surface area contributed by atoms with E-state index < -0.39 is 0 Å². The van der Waals surface area contributed by atoms with E-state index in [2.05, 4.69) is 11.2 Å². The van der Waals surface area contributed by atoms with Crippen molar-refractivity contribution < 1.29 is 4.79 Å². The molecule has 0 aliphatic rings. The fourth-order valence-corrected chi connectivity index (χ4v) is 4.59. The number of Topliss-reactive ketones (excluding diaryl/α,β-unsaturated/α-hetero) is 1. The molecule has 0 saturated heterocycles. The molecule has 3 aromatic carbocycles. The Morgan fingerprint density at radius 1 is 0.972 bits per heavy atom. The van der Waals surface area contributed by atoms with Gasteiger partial charge in [-0.1, -0.05) is 83.6 Å². The van der Waals surface area contributed by atoms with Gasteiger partial charge in [-0.15, -0.1) is 0 Å². The summed E-state index contributed by atoms with van der Waals surface area (Å²) in [5.74, 6) is 0.0693. The molecule has 0 saturated carbocycles. The molecule has 0 unspecified atom stereocenters. The number of nitrogens with zero attached hydrogens (tertiary/aromatic N) is 5. The lowest BCUT2D eigenvalue weighted by Crippen LogP contribution is -2.14. The monoisotopic (exact) mass is 507 g/mol. The summed E-state index contributed by atoms with van der Waals surface area (Å²) < 4.78 is 1.57. The van der Waals surface area contributed by atoms with Gasteiger partial charge in [0.15, 0.2) is 16.6 Å². The molecule has 2 heterocycles. The normalized spacial score (nSPS) is 11.3. The summed E-state index contributed by atoms with van der Waals surface area (Å²) in [5.41, 5.74) is 4.20. The Bertz CT molecular complexity index is 1670. The molecule has 0 aliphatic heterocycles. The van der Waals surface area contributed by atoms with E-state index in [1.54, 1.807) is 28.9 Å². The quantitative estimate of drug-likeness (QED) is 0.250. The van der Waals surface area contributed by atoms with E-state index >= 15 is 0 Å². The number of nitriles is 1. The molecular weight excluding hydrogens is 490 g/mol. The maximum Gasteiger partial charge on any atom is 0.215 e. The second-order valence-corrected chi connectivity index (χ2v) is 9.24. The Hall–Kier alpha value is -4.38. The van der Waals surface area contributed by atoms with Crippen molar-refractivity contribution in [2.24, 2.45) is 4.99 Å². The average molecular weight is 508 g/mol. The summed E-state index contributed by atoms with van der Waals surface area (Å²) in [5, 5.41) is 15.5. The smallest absolute Gasteiger partial charge is 0.215 e. The molecule has 0 fully saturated rings. The number of carbonyl (C=O) groups excluding carboxylic acids is 1. The number of aromatic nitrogens is 3. The predicted molar refractivity (Wildman–Crippen MR) is 142 cm³/mol. The van der Waals surface area contributed by atoms with Crippen LogP contribution in [-0.2, 0) is 0 Å². The first-order chi connectivity index (χ1) is 17.5. The van der Waals surface area contributed by atoms with Crippen molar-refractivity contribution in [2.45, 2.75) is 6.92 Å². The first-order valence-corrected chi connectivity index (χ1v) is 12.2. The molecular formula is C28H18ClN5OS. The first-order valence-electron chi connectivity index (χ1n) is 11.0. The summed E-state index contributed by atoms with van der Waals surface area (Å²) >= 11 is 7.20. The maximum atomic E-state index is 12.2. The number of pyridine rings is 1. The topological polar surface area (TPSA) is 83.9 Å². The number of benzene rings is 3. The molecule has 0 spiro atoms. The number of ketones is 1.